The maximum absolute atomic E-state index is 13.7. The number of anilines is 2. The molecule has 11 nitrogen and oxygen atoms in total. The number of ether oxygens (including phenoxy) is 1. The van der Waals surface area contributed by atoms with E-state index in [0.717, 1.165) is 10.7 Å². The van der Waals surface area contributed by atoms with Gasteiger partial charge in [-0.2, -0.15) is 5.10 Å². The highest BCUT2D eigenvalue weighted by Crippen LogP contribution is 2.41. The Morgan fingerprint density at radius 3 is 2.87 bits per heavy atom. The number of aromatic nitrogens is 2. The number of amides is 2. The van der Waals surface area contributed by atoms with Crippen molar-refractivity contribution in [3.63, 3.8) is 0 Å². The smallest absolute Gasteiger partial charge is 0.409 e. The molecular weight excluding hydrogens is 450 g/mol. The van der Waals surface area contributed by atoms with Crippen molar-refractivity contribution in [1.82, 2.24) is 15.1 Å². The number of carbonyl (C=O) groups is 2. The van der Waals surface area contributed by atoms with Crippen molar-refractivity contribution < 1.29 is 27.9 Å². The third-order valence-electron chi connectivity index (χ3n) is 5.02. The van der Waals surface area contributed by atoms with Crippen molar-refractivity contribution in [2.24, 2.45) is 0 Å². The molecule has 0 aliphatic carbocycles. The first-order valence-electron chi connectivity index (χ1n) is 9.50. The van der Waals surface area contributed by atoms with Gasteiger partial charge in [-0.05, 0) is 31.0 Å². The average molecular weight is 470 g/mol. The lowest BCUT2D eigenvalue weighted by Crippen LogP contribution is -2.48. The summed E-state index contributed by atoms with van der Waals surface area (Å²) >= 11 is 6.22. The minimum Gasteiger partial charge on any atom is -0.484 e. The number of hydrogen-bond acceptors (Lipinski definition) is 6. The highest BCUT2D eigenvalue weighted by atomic mass is 35.5. The van der Waals surface area contributed by atoms with E-state index in [2.05, 4.69) is 15.7 Å². The van der Waals surface area contributed by atoms with E-state index in [1.165, 1.54) is 25.1 Å². The van der Waals surface area contributed by atoms with Crippen LogP contribution in [-0.2, 0) is 27.8 Å². The van der Waals surface area contributed by atoms with Crippen molar-refractivity contribution in [1.29, 1.82) is 0 Å². The van der Waals surface area contributed by atoms with Gasteiger partial charge in [0.15, 0.2) is 5.15 Å². The van der Waals surface area contributed by atoms with E-state index in [1.54, 1.807) is 4.68 Å². The molecule has 0 fully saturated rings. The Balaban J connectivity index is 1.79. The van der Waals surface area contributed by atoms with Gasteiger partial charge < -0.3 is 15.2 Å². The van der Waals surface area contributed by atoms with E-state index in [4.69, 9.17) is 21.4 Å². The third-order valence-corrected chi connectivity index (χ3v) is 7.27. The minimum atomic E-state index is -4.15. The summed E-state index contributed by atoms with van der Waals surface area (Å²) in [5, 5.41) is 17.9. The molecule has 0 bridgehead atoms. The number of hydrogen-bond donors (Lipinski definition) is 3. The molecule has 3 heterocycles. The molecule has 3 N–H and O–H groups in total. The van der Waals surface area contributed by atoms with E-state index in [0.29, 0.717) is 18.7 Å². The zero-order valence-corrected chi connectivity index (χ0v) is 18.0. The molecule has 2 aliphatic rings. The highest BCUT2D eigenvalue weighted by Gasteiger charge is 2.39. The number of benzene rings is 1. The third kappa shape index (κ3) is 4.00. The van der Waals surface area contributed by atoms with Crippen LogP contribution in [0.15, 0.2) is 23.1 Å². The lowest BCUT2D eigenvalue weighted by Gasteiger charge is -2.35. The number of aryl methyl sites for hydroxylation is 1. The van der Waals surface area contributed by atoms with Crippen molar-refractivity contribution in [3.05, 3.63) is 29.0 Å². The Morgan fingerprint density at radius 1 is 1.39 bits per heavy atom. The SMILES string of the molecule is CC(=O)NCC1CN(S(=O)(=O)c2c(Cl)nn3c2CCC3)c2cc(NC(=O)O)ccc2O1. The van der Waals surface area contributed by atoms with E-state index in [1.807, 2.05) is 0 Å². The fourth-order valence-electron chi connectivity index (χ4n) is 3.74. The summed E-state index contributed by atoms with van der Waals surface area (Å²) in [6, 6.07) is 4.32. The number of nitrogens with one attached hydrogen (secondary N) is 2. The number of halogens is 1. The van der Waals surface area contributed by atoms with Crippen molar-refractivity contribution in [2.75, 3.05) is 22.7 Å². The highest BCUT2D eigenvalue weighted by molar-refractivity contribution is 7.93. The minimum absolute atomic E-state index is 0.0607. The molecule has 4 rings (SSSR count). The number of carboxylic acid groups (broad SMARTS) is 1. The van der Waals surface area contributed by atoms with Gasteiger partial charge in [-0.25, -0.2) is 13.2 Å². The topological polar surface area (TPSA) is 143 Å². The predicted octanol–water partition coefficient (Wildman–Crippen LogP) is 1.66. The molecule has 1 unspecified atom stereocenters. The standard InChI is InChI=1S/C18H20ClN5O6S/c1-10(25)20-8-12-9-24(14-7-11(21-18(26)27)4-5-15(14)30-12)31(28,29)16-13-3-2-6-23(13)22-17(16)19/h4-5,7,12,21H,2-3,6,8-9H2,1H3,(H,20,25)(H,26,27). The number of sulfonamides is 1. The summed E-state index contributed by atoms with van der Waals surface area (Å²) in [7, 11) is -4.15. The molecule has 0 radical (unpaired) electrons. The van der Waals surface area contributed by atoms with E-state index >= 15 is 0 Å². The number of carbonyl (C=O) groups excluding carboxylic acids is 1. The van der Waals surface area contributed by atoms with Gasteiger partial charge in [-0.1, -0.05) is 11.6 Å². The van der Waals surface area contributed by atoms with Gasteiger partial charge in [0.1, 0.15) is 16.7 Å². The Kier molecular flexibility index (Phi) is 5.43. The van der Waals surface area contributed by atoms with E-state index in [-0.39, 0.29) is 46.2 Å². The molecule has 0 saturated heterocycles. The predicted molar refractivity (Wildman–Crippen MR) is 111 cm³/mol. The van der Waals surface area contributed by atoms with Crippen LogP contribution in [0.5, 0.6) is 5.75 Å². The molecular formula is C18H20ClN5O6S. The van der Waals surface area contributed by atoms with Crippen molar-refractivity contribution in [2.45, 2.75) is 37.3 Å². The zero-order chi connectivity index (χ0) is 22.3. The van der Waals surface area contributed by atoms with Crippen LogP contribution in [-0.4, -0.2) is 54.5 Å². The largest absolute Gasteiger partial charge is 0.484 e. The Labute approximate surface area is 183 Å². The summed E-state index contributed by atoms with van der Waals surface area (Å²) in [5.74, 6) is -0.0386. The van der Waals surface area contributed by atoms with Gasteiger partial charge in [0.2, 0.25) is 5.91 Å². The maximum Gasteiger partial charge on any atom is 0.409 e. The molecule has 1 atom stereocenters. The monoisotopic (exact) mass is 469 g/mol. The van der Waals surface area contributed by atoms with Gasteiger partial charge in [0, 0.05) is 19.2 Å². The fraction of sp³-hybridized carbons (Fsp3) is 0.389. The number of fused-ring (bicyclic) bond motifs is 2. The first-order chi connectivity index (χ1) is 14.7. The van der Waals surface area contributed by atoms with Crippen LogP contribution in [0.1, 0.15) is 19.0 Å². The van der Waals surface area contributed by atoms with E-state index < -0.39 is 22.2 Å². The molecule has 0 saturated carbocycles. The summed E-state index contributed by atoms with van der Waals surface area (Å²) in [6.07, 6.45) is -0.653. The first kappa shape index (κ1) is 21.2. The van der Waals surface area contributed by atoms with Crippen LogP contribution in [0.2, 0.25) is 5.15 Å². The van der Waals surface area contributed by atoms with Crippen LogP contribution < -0.4 is 19.7 Å². The van der Waals surface area contributed by atoms with Crippen LogP contribution in [0.3, 0.4) is 0 Å². The molecule has 13 heteroatoms. The second kappa shape index (κ2) is 7.93. The Morgan fingerprint density at radius 2 is 2.16 bits per heavy atom. The van der Waals surface area contributed by atoms with Gasteiger partial charge in [0.25, 0.3) is 10.0 Å². The van der Waals surface area contributed by atoms with Crippen molar-refractivity contribution >= 4 is 45.0 Å². The summed E-state index contributed by atoms with van der Waals surface area (Å²) in [5.41, 5.74) is 0.886. The van der Waals surface area contributed by atoms with Gasteiger partial charge in [0.05, 0.1) is 24.5 Å². The lowest BCUT2D eigenvalue weighted by atomic mass is 10.2. The van der Waals surface area contributed by atoms with E-state index in [9.17, 15) is 18.0 Å². The second-order valence-corrected chi connectivity index (χ2v) is 9.38. The summed E-state index contributed by atoms with van der Waals surface area (Å²) in [6.45, 7) is 1.93. The lowest BCUT2D eigenvalue weighted by molar-refractivity contribution is -0.119. The Hall–Kier alpha value is -2.99. The maximum atomic E-state index is 13.7. The van der Waals surface area contributed by atoms with Crippen LogP contribution in [0.4, 0.5) is 16.2 Å². The molecule has 2 aromatic rings. The zero-order valence-electron chi connectivity index (χ0n) is 16.5. The number of nitrogens with zero attached hydrogens (tertiary/aromatic N) is 3. The molecule has 2 amide bonds. The normalized spacial score (nSPS) is 17.5. The van der Waals surface area contributed by atoms with Crippen LogP contribution in [0, 0.1) is 0 Å². The second-order valence-electron chi connectivity index (χ2n) is 7.22. The van der Waals surface area contributed by atoms with Crippen molar-refractivity contribution in [3.8, 4) is 5.75 Å². The fourth-order valence-corrected chi connectivity index (χ4v) is 5.98. The molecule has 1 aromatic carbocycles. The summed E-state index contributed by atoms with van der Waals surface area (Å²) in [4.78, 5) is 22.3. The molecule has 2 aliphatic heterocycles. The van der Waals surface area contributed by atoms with Crippen LogP contribution in [0.25, 0.3) is 0 Å². The molecule has 31 heavy (non-hydrogen) atoms. The molecule has 166 valence electrons. The summed E-state index contributed by atoms with van der Waals surface area (Å²) < 4.78 is 36.0. The van der Waals surface area contributed by atoms with Gasteiger partial charge in [-0.3, -0.25) is 19.1 Å². The van der Waals surface area contributed by atoms with Gasteiger partial charge in [-0.15, -0.1) is 0 Å². The first-order valence-corrected chi connectivity index (χ1v) is 11.3. The van der Waals surface area contributed by atoms with Gasteiger partial charge >= 0.3 is 6.09 Å². The molecule has 1 aromatic heterocycles. The molecule has 0 spiro atoms. The quantitative estimate of drug-likeness (QED) is 0.604. The number of rotatable bonds is 5. The van der Waals surface area contributed by atoms with Crippen LogP contribution >= 0.6 is 11.6 Å². The average Bonchev–Trinajstić information content (AvgIpc) is 3.25. The Bertz CT molecular complexity index is 1160.